The van der Waals surface area contributed by atoms with E-state index in [9.17, 15) is 0 Å². The highest BCUT2D eigenvalue weighted by atomic mass is 15.1. The molecule has 0 radical (unpaired) electrons. The van der Waals surface area contributed by atoms with E-state index in [2.05, 4.69) is 17.0 Å². The fourth-order valence-corrected chi connectivity index (χ4v) is 0.973. The van der Waals surface area contributed by atoms with E-state index >= 15 is 0 Å². The zero-order valence-corrected chi connectivity index (χ0v) is 6.99. The SMILES string of the molecule is CC=CN(C)c1ccccc1. The van der Waals surface area contributed by atoms with Crippen molar-refractivity contribution in [2.45, 2.75) is 6.92 Å². The summed E-state index contributed by atoms with van der Waals surface area (Å²) in [5.74, 6) is 0. The van der Waals surface area contributed by atoms with Gasteiger partial charge >= 0.3 is 0 Å². The second kappa shape index (κ2) is 3.81. The molecule has 0 saturated heterocycles. The normalized spacial score (nSPS) is 10.4. The van der Waals surface area contributed by atoms with E-state index in [0.29, 0.717) is 0 Å². The van der Waals surface area contributed by atoms with Crippen molar-refractivity contribution in [3.63, 3.8) is 0 Å². The van der Waals surface area contributed by atoms with E-state index < -0.39 is 0 Å². The predicted octanol–water partition coefficient (Wildman–Crippen LogP) is 2.66. The molecule has 0 aliphatic carbocycles. The molecular weight excluding hydrogens is 134 g/mol. The maximum absolute atomic E-state index is 2.08. The van der Waals surface area contributed by atoms with Crippen molar-refractivity contribution in [3.8, 4) is 0 Å². The third kappa shape index (κ3) is 2.11. The van der Waals surface area contributed by atoms with Gasteiger partial charge in [-0.25, -0.2) is 0 Å². The molecule has 0 heterocycles. The maximum Gasteiger partial charge on any atom is 0.0403 e. The second-order valence-electron chi connectivity index (χ2n) is 2.43. The van der Waals surface area contributed by atoms with E-state index in [0.717, 1.165) is 0 Å². The first-order valence-electron chi connectivity index (χ1n) is 3.75. The number of hydrogen-bond acceptors (Lipinski definition) is 1. The average Bonchev–Trinajstić information content (AvgIpc) is 2.07. The highest BCUT2D eigenvalue weighted by Crippen LogP contribution is 2.10. The first-order chi connectivity index (χ1) is 5.34. The van der Waals surface area contributed by atoms with Gasteiger partial charge in [0.25, 0.3) is 0 Å². The number of nitrogens with zero attached hydrogens (tertiary/aromatic N) is 1. The Hall–Kier alpha value is -1.24. The van der Waals surface area contributed by atoms with Crippen molar-refractivity contribution >= 4 is 5.69 Å². The molecule has 0 amide bonds. The Balaban J connectivity index is 2.76. The van der Waals surface area contributed by atoms with Crippen molar-refractivity contribution in [2.75, 3.05) is 11.9 Å². The van der Waals surface area contributed by atoms with Crippen LogP contribution in [-0.2, 0) is 0 Å². The molecule has 1 rings (SSSR count). The zero-order chi connectivity index (χ0) is 8.10. The topological polar surface area (TPSA) is 3.24 Å². The molecule has 58 valence electrons. The first kappa shape index (κ1) is 7.86. The summed E-state index contributed by atoms with van der Waals surface area (Å²) in [5, 5.41) is 0. The molecular formula is C10H13N. The van der Waals surface area contributed by atoms with Gasteiger partial charge < -0.3 is 4.90 Å². The van der Waals surface area contributed by atoms with Crippen LogP contribution in [0.4, 0.5) is 5.69 Å². The molecule has 0 aromatic heterocycles. The van der Waals surface area contributed by atoms with Gasteiger partial charge in [0.2, 0.25) is 0 Å². The lowest BCUT2D eigenvalue weighted by molar-refractivity contribution is 1.20. The van der Waals surface area contributed by atoms with Gasteiger partial charge in [0, 0.05) is 12.7 Å². The summed E-state index contributed by atoms with van der Waals surface area (Å²) >= 11 is 0. The van der Waals surface area contributed by atoms with Crippen molar-refractivity contribution < 1.29 is 0 Å². The van der Waals surface area contributed by atoms with Gasteiger partial charge in [0.1, 0.15) is 0 Å². The number of rotatable bonds is 2. The minimum absolute atomic E-state index is 1.21. The molecule has 1 heteroatoms. The monoisotopic (exact) mass is 147 g/mol. The third-order valence-corrected chi connectivity index (χ3v) is 1.54. The smallest absolute Gasteiger partial charge is 0.0403 e. The lowest BCUT2D eigenvalue weighted by Gasteiger charge is -2.12. The van der Waals surface area contributed by atoms with Crippen molar-refractivity contribution in [3.05, 3.63) is 42.6 Å². The maximum atomic E-state index is 2.08. The Labute approximate surface area is 68.0 Å². The van der Waals surface area contributed by atoms with Gasteiger partial charge in [-0.3, -0.25) is 0 Å². The molecule has 0 spiro atoms. The van der Waals surface area contributed by atoms with Crippen LogP contribution in [0.2, 0.25) is 0 Å². The van der Waals surface area contributed by atoms with Gasteiger partial charge in [0.15, 0.2) is 0 Å². The van der Waals surface area contributed by atoms with Crippen LogP contribution in [0.3, 0.4) is 0 Å². The van der Waals surface area contributed by atoms with Crippen molar-refractivity contribution in [1.29, 1.82) is 0 Å². The van der Waals surface area contributed by atoms with Crippen LogP contribution in [-0.4, -0.2) is 7.05 Å². The molecule has 1 nitrogen and oxygen atoms in total. The van der Waals surface area contributed by atoms with Gasteiger partial charge in [-0.1, -0.05) is 24.3 Å². The standard InChI is InChI=1S/C10H13N/c1-3-9-11(2)10-7-5-4-6-8-10/h3-9H,1-2H3. The molecule has 0 fully saturated rings. The minimum Gasteiger partial charge on any atom is -0.351 e. The summed E-state index contributed by atoms with van der Waals surface area (Å²) in [4.78, 5) is 2.08. The van der Waals surface area contributed by atoms with Crippen LogP contribution in [0.15, 0.2) is 42.6 Å². The Morgan fingerprint density at radius 1 is 1.18 bits per heavy atom. The van der Waals surface area contributed by atoms with Crippen LogP contribution in [0.5, 0.6) is 0 Å². The van der Waals surface area contributed by atoms with E-state index in [-0.39, 0.29) is 0 Å². The van der Waals surface area contributed by atoms with Gasteiger partial charge in [-0.05, 0) is 25.3 Å². The van der Waals surface area contributed by atoms with Gasteiger partial charge in [-0.2, -0.15) is 0 Å². The Kier molecular flexibility index (Phi) is 2.73. The number of hydrogen-bond donors (Lipinski definition) is 0. The van der Waals surface area contributed by atoms with Crippen LogP contribution in [0, 0.1) is 0 Å². The fourth-order valence-electron chi connectivity index (χ4n) is 0.973. The van der Waals surface area contributed by atoms with E-state index in [4.69, 9.17) is 0 Å². The number of anilines is 1. The van der Waals surface area contributed by atoms with Crippen molar-refractivity contribution in [1.82, 2.24) is 0 Å². The highest BCUT2D eigenvalue weighted by Gasteiger charge is 1.91. The highest BCUT2D eigenvalue weighted by molar-refractivity contribution is 5.47. The average molecular weight is 147 g/mol. The molecule has 11 heavy (non-hydrogen) atoms. The summed E-state index contributed by atoms with van der Waals surface area (Å²) in [5.41, 5.74) is 1.21. The molecule has 0 unspecified atom stereocenters. The lowest BCUT2D eigenvalue weighted by Crippen LogP contribution is -2.06. The number of para-hydroxylation sites is 1. The lowest BCUT2D eigenvalue weighted by atomic mass is 10.3. The number of benzene rings is 1. The fraction of sp³-hybridized carbons (Fsp3) is 0.200. The first-order valence-corrected chi connectivity index (χ1v) is 3.75. The third-order valence-electron chi connectivity index (χ3n) is 1.54. The van der Waals surface area contributed by atoms with E-state index in [1.165, 1.54) is 5.69 Å². The van der Waals surface area contributed by atoms with Gasteiger partial charge in [-0.15, -0.1) is 0 Å². The largest absolute Gasteiger partial charge is 0.351 e. The molecule has 0 N–H and O–H groups in total. The Morgan fingerprint density at radius 3 is 2.36 bits per heavy atom. The second-order valence-corrected chi connectivity index (χ2v) is 2.43. The number of allylic oxidation sites excluding steroid dienone is 1. The quantitative estimate of drug-likeness (QED) is 0.621. The molecule has 0 atom stereocenters. The summed E-state index contributed by atoms with van der Waals surface area (Å²) in [6.45, 7) is 2.01. The Bertz CT molecular complexity index is 226. The summed E-state index contributed by atoms with van der Waals surface area (Å²) in [6.07, 6.45) is 4.06. The molecule has 1 aromatic rings. The zero-order valence-electron chi connectivity index (χ0n) is 6.99. The van der Waals surface area contributed by atoms with Crippen LogP contribution in [0.1, 0.15) is 6.92 Å². The predicted molar refractivity (Wildman–Crippen MR) is 49.7 cm³/mol. The van der Waals surface area contributed by atoms with Gasteiger partial charge in [0.05, 0.1) is 0 Å². The summed E-state index contributed by atoms with van der Waals surface area (Å²) in [6, 6.07) is 10.3. The Morgan fingerprint density at radius 2 is 1.82 bits per heavy atom. The van der Waals surface area contributed by atoms with Crippen LogP contribution >= 0.6 is 0 Å². The summed E-state index contributed by atoms with van der Waals surface area (Å²) < 4.78 is 0. The summed E-state index contributed by atoms with van der Waals surface area (Å²) in [7, 11) is 2.04. The minimum atomic E-state index is 1.21. The van der Waals surface area contributed by atoms with Crippen molar-refractivity contribution in [2.24, 2.45) is 0 Å². The van der Waals surface area contributed by atoms with E-state index in [1.54, 1.807) is 0 Å². The molecule has 1 aromatic carbocycles. The van der Waals surface area contributed by atoms with Crippen LogP contribution in [0.25, 0.3) is 0 Å². The van der Waals surface area contributed by atoms with Crippen LogP contribution < -0.4 is 4.90 Å². The molecule has 0 aliphatic heterocycles. The molecule has 0 saturated carbocycles. The van der Waals surface area contributed by atoms with E-state index in [1.807, 2.05) is 44.4 Å². The molecule has 0 aliphatic rings. The molecule has 0 bridgehead atoms.